The Kier molecular flexibility index (Phi) is 4.64. The van der Waals surface area contributed by atoms with Crippen LogP contribution in [0.4, 0.5) is 13.2 Å². The van der Waals surface area contributed by atoms with Gasteiger partial charge in [0, 0.05) is 0 Å². The summed E-state index contributed by atoms with van der Waals surface area (Å²) in [4.78, 5) is 0. The van der Waals surface area contributed by atoms with E-state index in [1.165, 1.54) is 6.07 Å². The van der Waals surface area contributed by atoms with Crippen molar-refractivity contribution >= 4 is 0 Å². The van der Waals surface area contributed by atoms with E-state index in [0.717, 1.165) is 12.1 Å². The zero-order valence-electron chi connectivity index (χ0n) is 9.60. The fraction of sp³-hybridized carbons (Fsp3) is 0.500. The first-order valence-corrected chi connectivity index (χ1v) is 5.53. The largest absolute Gasteiger partial charge is 1.00 e. The van der Waals surface area contributed by atoms with E-state index in [1.54, 1.807) is 6.07 Å². The molecule has 2 N–H and O–H groups in total. The monoisotopic (exact) mass is 280 g/mol. The van der Waals surface area contributed by atoms with Crippen LogP contribution in [0.3, 0.4) is 0 Å². The highest BCUT2D eigenvalue weighted by Crippen LogP contribution is 2.35. The molecule has 1 aromatic rings. The molecule has 1 heterocycles. The predicted molar refractivity (Wildman–Crippen MR) is 57.4 cm³/mol. The predicted octanol–water partition coefficient (Wildman–Crippen LogP) is -0.720. The van der Waals surface area contributed by atoms with Gasteiger partial charge in [0.15, 0.2) is 0 Å². The van der Waals surface area contributed by atoms with Crippen molar-refractivity contribution in [2.45, 2.75) is 24.6 Å². The second-order valence-corrected chi connectivity index (χ2v) is 4.36. The fourth-order valence-corrected chi connectivity index (χ4v) is 2.11. The number of aliphatic hydroxyl groups is 1. The first kappa shape index (κ1) is 15.3. The molecule has 6 heteroatoms. The average Bonchev–Trinajstić information content (AvgIpc) is 2.29. The van der Waals surface area contributed by atoms with Gasteiger partial charge in [-0.25, -0.2) is 0 Å². The Labute approximate surface area is 110 Å². The van der Waals surface area contributed by atoms with Gasteiger partial charge in [-0.15, -0.1) is 0 Å². The Morgan fingerprint density at radius 3 is 2.33 bits per heavy atom. The molecule has 1 aliphatic rings. The smallest absolute Gasteiger partial charge is 0.416 e. The van der Waals surface area contributed by atoms with Crippen molar-refractivity contribution in [1.82, 2.24) is 5.32 Å². The average molecular weight is 281 g/mol. The summed E-state index contributed by atoms with van der Waals surface area (Å²) in [5, 5.41) is 13.4. The first-order chi connectivity index (χ1) is 7.92. The van der Waals surface area contributed by atoms with Gasteiger partial charge in [0.1, 0.15) is 0 Å². The molecule has 1 aliphatic heterocycles. The van der Waals surface area contributed by atoms with Gasteiger partial charge in [0.05, 0.1) is 11.2 Å². The van der Waals surface area contributed by atoms with E-state index in [9.17, 15) is 18.3 Å². The van der Waals surface area contributed by atoms with Gasteiger partial charge in [-0.2, -0.15) is 13.2 Å². The van der Waals surface area contributed by atoms with Crippen molar-refractivity contribution in [3.63, 3.8) is 0 Å². The van der Waals surface area contributed by atoms with Gasteiger partial charge in [0.2, 0.25) is 0 Å². The highest BCUT2D eigenvalue weighted by Gasteiger charge is 2.35. The number of piperidine rings is 1. The summed E-state index contributed by atoms with van der Waals surface area (Å²) in [5.41, 5.74) is -1.48. The summed E-state index contributed by atoms with van der Waals surface area (Å²) in [7, 11) is 0. The van der Waals surface area contributed by atoms with Crippen LogP contribution in [0.1, 0.15) is 24.0 Å². The van der Waals surface area contributed by atoms with Crippen molar-refractivity contribution in [2.24, 2.45) is 0 Å². The molecule has 0 aromatic heterocycles. The molecule has 0 spiro atoms. The van der Waals surface area contributed by atoms with Crippen LogP contribution < -0.4 is 17.7 Å². The Morgan fingerprint density at radius 1 is 1.17 bits per heavy atom. The van der Waals surface area contributed by atoms with Crippen LogP contribution in [-0.2, 0) is 11.8 Å². The zero-order valence-corrected chi connectivity index (χ0v) is 10.4. The van der Waals surface area contributed by atoms with Crippen LogP contribution >= 0.6 is 0 Å². The maximum absolute atomic E-state index is 12.6. The van der Waals surface area contributed by atoms with E-state index in [0.29, 0.717) is 31.5 Å². The topological polar surface area (TPSA) is 32.3 Å². The number of alkyl halides is 3. The van der Waals surface area contributed by atoms with E-state index in [-0.39, 0.29) is 12.4 Å². The third kappa shape index (κ3) is 3.16. The molecule has 2 rings (SSSR count). The Balaban J connectivity index is 0.00000162. The summed E-state index contributed by atoms with van der Waals surface area (Å²) < 4.78 is 37.7. The number of nitrogens with one attached hydrogen (secondary N) is 1. The van der Waals surface area contributed by atoms with Crippen LogP contribution in [0.15, 0.2) is 24.3 Å². The van der Waals surface area contributed by atoms with Crippen molar-refractivity contribution < 1.29 is 30.7 Å². The maximum atomic E-state index is 12.6. The lowest BCUT2D eigenvalue weighted by Gasteiger charge is -2.33. The summed E-state index contributed by atoms with van der Waals surface area (Å²) in [6.45, 7) is 1.24. The third-order valence-electron chi connectivity index (χ3n) is 3.16. The van der Waals surface area contributed by atoms with Crippen LogP contribution in [0.25, 0.3) is 0 Å². The molecule has 0 radical (unpaired) electrons. The van der Waals surface area contributed by atoms with Gasteiger partial charge in [-0.3, -0.25) is 0 Å². The maximum Gasteiger partial charge on any atom is 0.416 e. The van der Waals surface area contributed by atoms with Crippen molar-refractivity contribution in [2.75, 3.05) is 13.1 Å². The Morgan fingerprint density at radius 2 is 1.78 bits per heavy atom. The normalized spacial score (nSPS) is 19.1. The second-order valence-electron chi connectivity index (χ2n) is 4.36. The van der Waals surface area contributed by atoms with Gasteiger partial charge < -0.3 is 22.8 Å². The van der Waals surface area contributed by atoms with Crippen molar-refractivity contribution in [3.8, 4) is 0 Å². The van der Waals surface area contributed by atoms with Crippen molar-refractivity contribution in [1.29, 1.82) is 0 Å². The van der Waals surface area contributed by atoms with Crippen molar-refractivity contribution in [3.05, 3.63) is 35.4 Å². The van der Waals surface area contributed by atoms with Crippen LogP contribution in [0.2, 0.25) is 0 Å². The van der Waals surface area contributed by atoms with Crippen LogP contribution in [-0.4, -0.2) is 18.2 Å². The molecule has 0 bridgehead atoms. The summed E-state index contributed by atoms with van der Waals surface area (Å²) >= 11 is 0. The van der Waals surface area contributed by atoms with Crippen LogP contribution in [0, 0.1) is 0 Å². The zero-order chi connectivity index (χ0) is 12.5. The molecular formula is C12H14ClF3NO-. The fourth-order valence-electron chi connectivity index (χ4n) is 2.11. The third-order valence-corrected chi connectivity index (χ3v) is 3.16. The van der Waals surface area contributed by atoms with Gasteiger partial charge >= 0.3 is 6.18 Å². The molecule has 1 aromatic carbocycles. The minimum Gasteiger partial charge on any atom is -1.00 e. The molecule has 2 nitrogen and oxygen atoms in total. The molecule has 0 atom stereocenters. The second kappa shape index (κ2) is 5.47. The lowest BCUT2D eigenvalue weighted by molar-refractivity contribution is -0.137. The lowest BCUT2D eigenvalue weighted by Crippen LogP contribution is -3.00. The molecule has 1 saturated heterocycles. The summed E-state index contributed by atoms with van der Waals surface area (Å²) in [5.74, 6) is 0. The molecule has 0 aliphatic carbocycles. The number of hydrogen-bond donors (Lipinski definition) is 2. The minimum atomic E-state index is -4.36. The number of rotatable bonds is 1. The number of benzene rings is 1. The van der Waals surface area contributed by atoms with E-state index in [1.807, 2.05) is 0 Å². The summed E-state index contributed by atoms with van der Waals surface area (Å²) in [6.07, 6.45) is -3.48. The molecule has 18 heavy (non-hydrogen) atoms. The van der Waals surface area contributed by atoms with Crippen LogP contribution in [0.5, 0.6) is 0 Å². The van der Waals surface area contributed by atoms with Gasteiger partial charge in [-0.05, 0) is 43.6 Å². The molecule has 0 unspecified atom stereocenters. The minimum absolute atomic E-state index is 0. The van der Waals surface area contributed by atoms with Gasteiger partial charge in [0.25, 0.3) is 0 Å². The SMILES string of the molecule is OC1(c2cccc(C(F)(F)F)c2)CCNCC1.[Cl-]. The van der Waals surface area contributed by atoms with Gasteiger partial charge in [-0.1, -0.05) is 12.1 Å². The summed E-state index contributed by atoms with van der Waals surface area (Å²) in [6, 6.07) is 4.97. The van der Waals surface area contributed by atoms with E-state index < -0.39 is 17.3 Å². The highest BCUT2D eigenvalue weighted by molar-refractivity contribution is 5.30. The quantitative estimate of drug-likeness (QED) is 0.712. The molecular weight excluding hydrogens is 267 g/mol. The molecule has 1 fully saturated rings. The van der Waals surface area contributed by atoms with E-state index in [2.05, 4.69) is 5.32 Å². The Bertz CT molecular complexity index is 403. The van der Waals surface area contributed by atoms with E-state index in [4.69, 9.17) is 0 Å². The first-order valence-electron chi connectivity index (χ1n) is 5.53. The van der Waals surface area contributed by atoms with E-state index >= 15 is 0 Å². The number of hydrogen-bond acceptors (Lipinski definition) is 2. The lowest BCUT2D eigenvalue weighted by atomic mass is 9.84. The molecule has 102 valence electrons. The molecule has 0 amide bonds. The highest BCUT2D eigenvalue weighted by atomic mass is 35.5. The Hall–Kier alpha value is -0.780. The number of halogens is 4. The standard InChI is InChI=1S/C12H14F3NO.ClH/c13-12(14,15)10-3-1-2-9(8-10)11(17)4-6-16-7-5-11;/h1-3,8,16-17H,4-7H2;1H/p-1. The molecule has 0 saturated carbocycles.